The fourth-order valence-electron chi connectivity index (χ4n) is 3.37. The van der Waals surface area contributed by atoms with E-state index in [1.54, 1.807) is 25.3 Å². The van der Waals surface area contributed by atoms with E-state index >= 15 is 0 Å². The molecule has 2 aromatic rings. The van der Waals surface area contributed by atoms with Crippen molar-refractivity contribution in [3.8, 4) is 11.5 Å². The summed E-state index contributed by atoms with van der Waals surface area (Å²) < 4.78 is 30.9. The van der Waals surface area contributed by atoms with E-state index in [2.05, 4.69) is 4.90 Å². The third kappa shape index (κ3) is 3.22. The maximum absolute atomic E-state index is 14.0. The monoisotopic (exact) mass is 369 g/mol. The molecule has 0 unspecified atom stereocenters. The molecule has 0 bridgehead atoms. The van der Waals surface area contributed by atoms with Crippen LogP contribution in [-0.2, 0) is 11.3 Å². The minimum atomic E-state index is -0.398. The van der Waals surface area contributed by atoms with Gasteiger partial charge in [-0.05, 0) is 30.7 Å². The first-order valence-electron chi connectivity index (χ1n) is 8.78. The van der Waals surface area contributed by atoms with Crippen LogP contribution in [0.5, 0.6) is 11.5 Å². The first-order valence-corrected chi connectivity index (χ1v) is 8.78. The Labute approximate surface area is 156 Å². The van der Waals surface area contributed by atoms with Gasteiger partial charge in [0.05, 0.1) is 17.7 Å². The zero-order chi connectivity index (χ0) is 19.0. The summed E-state index contributed by atoms with van der Waals surface area (Å²) in [5.41, 5.74) is 2.46. The molecule has 0 aromatic heterocycles. The van der Waals surface area contributed by atoms with Gasteiger partial charge in [-0.3, -0.25) is 9.69 Å². The van der Waals surface area contributed by atoms with Gasteiger partial charge in [0, 0.05) is 25.8 Å². The van der Waals surface area contributed by atoms with Crippen molar-refractivity contribution in [2.24, 2.45) is 0 Å². The molecule has 0 fully saturated rings. The number of allylic oxidation sites excluding steroid dienone is 1. The van der Waals surface area contributed by atoms with Crippen molar-refractivity contribution >= 4 is 11.9 Å². The molecule has 2 aromatic carbocycles. The lowest BCUT2D eigenvalue weighted by molar-refractivity contribution is 0.0646. The van der Waals surface area contributed by atoms with Gasteiger partial charge in [-0.25, -0.2) is 4.39 Å². The number of rotatable bonds is 4. The normalized spacial score (nSPS) is 17.4. The molecule has 5 nitrogen and oxygen atoms in total. The molecule has 2 aliphatic rings. The minimum Gasteiger partial charge on any atom is -0.478 e. The molecular formula is C21H20FNO4. The second-order valence-electron chi connectivity index (χ2n) is 6.65. The second kappa shape index (κ2) is 7.13. The van der Waals surface area contributed by atoms with Crippen LogP contribution >= 0.6 is 0 Å². The Balaban J connectivity index is 1.71. The van der Waals surface area contributed by atoms with E-state index in [1.807, 2.05) is 13.0 Å². The maximum atomic E-state index is 14.0. The molecule has 140 valence electrons. The number of methoxy groups -OCH3 is 1. The predicted molar refractivity (Wildman–Crippen MR) is 98.3 cm³/mol. The van der Waals surface area contributed by atoms with E-state index in [1.165, 1.54) is 12.1 Å². The van der Waals surface area contributed by atoms with E-state index in [-0.39, 0.29) is 11.5 Å². The van der Waals surface area contributed by atoms with Gasteiger partial charge in [-0.1, -0.05) is 18.2 Å². The number of ketones is 1. The van der Waals surface area contributed by atoms with E-state index in [0.29, 0.717) is 43.3 Å². The Morgan fingerprint density at radius 3 is 2.93 bits per heavy atom. The van der Waals surface area contributed by atoms with Crippen LogP contribution in [0.1, 0.15) is 27.0 Å². The van der Waals surface area contributed by atoms with Crippen molar-refractivity contribution in [2.45, 2.75) is 13.5 Å². The summed E-state index contributed by atoms with van der Waals surface area (Å²) in [4.78, 5) is 15.0. The van der Waals surface area contributed by atoms with E-state index in [9.17, 15) is 9.18 Å². The SMILES string of the molecule is COCCN1COc2cc(C)c3c(c2C1)O/C(=C\c1ccccc1F)C3=O. The minimum absolute atomic E-state index is 0.126. The molecule has 27 heavy (non-hydrogen) atoms. The molecule has 0 atom stereocenters. The number of carbonyl (C=O) groups excluding carboxylic acids is 1. The standard InChI is InChI=1S/C21H20FNO4/c1-13-9-17-15(11-23(12-26-17)7-8-25-2)21-19(13)20(24)18(27-21)10-14-5-3-4-6-16(14)22/h3-6,9-10H,7-8,11-12H2,1-2H3/b18-10-. The highest BCUT2D eigenvalue weighted by atomic mass is 19.1. The van der Waals surface area contributed by atoms with Crippen LogP contribution in [0, 0.1) is 12.7 Å². The van der Waals surface area contributed by atoms with Crippen LogP contribution in [0.25, 0.3) is 6.08 Å². The highest BCUT2D eigenvalue weighted by molar-refractivity contribution is 6.15. The average molecular weight is 369 g/mol. The summed E-state index contributed by atoms with van der Waals surface area (Å²) in [6, 6.07) is 8.16. The number of fused-ring (bicyclic) bond motifs is 3. The number of halogens is 1. The van der Waals surface area contributed by atoms with Crippen molar-refractivity contribution in [3.63, 3.8) is 0 Å². The molecule has 2 heterocycles. The number of Topliss-reactive ketones (excluding diaryl/α,β-unsaturated/α-hetero) is 1. The zero-order valence-corrected chi connectivity index (χ0v) is 15.3. The molecule has 0 amide bonds. The number of ether oxygens (including phenoxy) is 3. The number of aryl methyl sites for hydroxylation is 1. The summed E-state index contributed by atoms with van der Waals surface area (Å²) in [7, 11) is 1.65. The van der Waals surface area contributed by atoms with Crippen LogP contribution in [0.2, 0.25) is 0 Å². The summed E-state index contributed by atoms with van der Waals surface area (Å²) >= 11 is 0. The fraction of sp³-hybridized carbons (Fsp3) is 0.286. The molecule has 6 heteroatoms. The van der Waals surface area contributed by atoms with Gasteiger partial charge in [0.2, 0.25) is 5.78 Å². The van der Waals surface area contributed by atoms with Crippen LogP contribution in [0.4, 0.5) is 4.39 Å². The zero-order valence-electron chi connectivity index (χ0n) is 15.3. The third-order valence-corrected chi connectivity index (χ3v) is 4.79. The number of hydrogen-bond acceptors (Lipinski definition) is 5. The summed E-state index contributed by atoms with van der Waals surface area (Å²) in [6.45, 7) is 4.21. The lowest BCUT2D eigenvalue weighted by Crippen LogP contribution is -2.34. The Hall–Kier alpha value is -2.70. The van der Waals surface area contributed by atoms with E-state index in [4.69, 9.17) is 14.2 Å². The number of hydrogen-bond donors (Lipinski definition) is 0. The van der Waals surface area contributed by atoms with Gasteiger partial charge in [-0.2, -0.15) is 0 Å². The maximum Gasteiger partial charge on any atom is 0.232 e. The fourth-order valence-corrected chi connectivity index (χ4v) is 3.37. The Bertz CT molecular complexity index is 938. The first-order chi connectivity index (χ1) is 13.1. The molecule has 0 saturated carbocycles. The first kappa shape index (κ1) is 17.7. The number of benzene rings is 2. The molecule has 0 N–H and O–H groups in total. The largest absolute Gasteiger partial charge is 0.478 e. The van der Waals surface area contributed by atoms with E-state index in [0.717, 1.165) is 16.9 Å². The van der Waals surface area contributed by atoms with Crippen molar-refractivity contribution < 1.29 is 23.4 Å². The Morgan fingerprint density at radius 2 is 2.15 bits per heavy atom. The molecule has 0 aliphatic carbocycles. The van der Waals surface area contributed by atoms with Gasteiger partial charge in [0.15, 0.2) is 5.76 Å². The van der Waals surface area contributed by atoms with Crippen molar-refractivity contribution in [1.82, 2.24) is 4.90 Å². The van der Waals surface area contributed by atoms with Gasteiger partial charge >= 0.3 is 0 Å². The van der Waals surface area contributed by atoms with E-state index < -0.39 is 5.82 Å². The van der Waals surface area contributed by atoms with Crippen molar-refractivity contribution in [2.75, 3.05) is 27.0 Å². The lowest BCUT2D eigenvalue weighted by Gasteiger charge is -2.29. The Kier molecular flexibility index (Phi) is 4.68. The molecule has 0 saturated heterocycles. The van der Waals surface area contributed by atoms with Gasteiger partial charge in [0.25, 0.3) is 0 Å². The Morgan fingerprint density at radius 1 is 1.33 bits per heavy atom. The number of carbonyl (C=O) groups is 1. The van der Waals surface area contributed by atoms with Gasteiger partial charge in [0.1, 0.15) is 24.0 Å². The average Bonchev–Trinajstić information content (AvgIpc) is 2.99. The third-order valence-electron chi connectivity index (χ3n) is 4.79. The van der Waals surface area contributed by atoms with Crippen LogP contribution in [-0.4, -0.2) is 37.7 Å². The summed E-state index contributed by atoms with van der Waals surface area (Å²) in [6.07, 6.45) is 1.45. The van der Waals surface area contributed by atoms with Crippen molar-refractivity contribution in [1.29, 1.82) is 0 Å². The molecule has 4 rings (SSSR count). The predicted octanol–water partition coefficient (Wildman–Crippen LogP) is 3.55. The van der Waals surface area contributed by atoms with Gasteiger partial charge in [-0.15, -0.1) is 0 Å². The molecular weight excluding hydrogens is 349 g/mol. The summed E-state index contributed by atoms with van der Waals surface area (Å²) in [5, 5.41) is 0. The molecule has 0 spiro atoms. The molecule has 2 aliphatic heterocycles. The number of nitrogens with zero attached hydrogens (tertiary/aromatic N) is 1. The molecule has 0 radical (unpaired) electrons. The summed E-state index contributed by atoms with van der Waals surface area (Å²) in [5.74, 6) is 0.730. The second-order valence-corrected chi connectivity index (χ2v) is 6.65. The lowest BCUT2D eigenvalue weighted by atomic mass is 9.98. The van der Waals surface area contributed by atoms with Crippen LogP contribution in [0.15, 0.2) is 36.1 Å². The smallest absolute Gasteiger partial charge is 0.232 e. The van der Waals surface area contributed by atoms with Gasteiger partial charge < -0.3 is 14.2 Å². The quantitative estimate of drug-likeness (QED) is 0.772. The topological polar surface area (TPSA) is 48.0 Å². The highest BCUT2D eigenvalue weighted by Gasteiger charge is 2.35. The van der Waals surface area contributed by atoms with Crippen LogP contribution in [0.3, 0.4) is 0 Å². The van der Waals surface area contributed by atoms with Crippen LogP contribution < -0.4 is 9.47 Å². The van der Waals surface area contributed by atoms with Crippen molar-refractivity contribution in [3.05, 3.63) is 64.2 Å². The highest BCUT2D eigenvalue weighted by Crippen LogP contribution is 2.44.